The van der Waals surface area contributed by atoms with Crippen LogP contribution in [-0.2, 0) is 0 Å². The molecule has 0 spiro atoms. The van der Waals surface area contributed by atoms with E-state index in [4.69, 9.17) is 14.2 Å². The summed E-state index contributed by atoms with van der Waals surface area (Å²) in [4.78, 5) is 22.4. The standard InChI is InChI=1S/C21H23N3O4/c1-6-8-9-16(7-2)24(3)20(25)15-10-12-17(13-11-15)28-21-22-18(26-4)14-19(23-21)27-5/h6-14H,2H2,1,3-5H3/b8-6-,16-9+. The van der Waals surface area contributed by atoms with Crippen LogP contribution >= 0.6 is 0 Å². The Morgan fingerprint density at radius 3 is 2.21 bits per heavy atom. The Kier molecular flexibility index (Phi) is 7.33. The second kappa shape index (κ2) is 9.91. The van der Waals surface area contributed by atoms with Gasteiger partial charge >= 0.3 is 6.01 Å². The van der Waals surface area contributed by atoms with Crippen molar-refractivity contribution < 1.29 is 19.0 Å². The lowest BCUT2D eigenvalue weighted by Gasteiger charge is -2.18. The Bertz CT molecular complexity index is 867. The highest BCUT2D eigenvalue weighted by Crippen LogP contribution is 2.24. The predicted molar refractivity (Wildman–Crippen MR) is 107 cm³/mol. The molecule has 0 aliphatic rings. The van der Waals surface area contributed by atoms with E-state index in [0.717, 1.165) is 0 Å². The van der Waals surface area contributed by atoms with Gasteiger partial charge in [0.25, 0.3) is 5.91 Å². The van der Waals surface area contributed by atoms with Crippen molar-refractivity contribution in [1.29, 1.82) is 0 Å². The number of aromatic nitrogens is 2. The first-order valence-corrected chi connectivity index (χ1v) is 8.50. The van der Waals surface area contributed by atoms with E-state index >= 15 is 0 Å². The number of likely N-dealkylation sites (N-methyl/N-ethyl adjacent to an activating group) is 1. The van der Waals surface area contributed by atoms with Crippen LogP contribution in [0.5, 0.6) is 23.5 Å². The molecule has 0 radical (unpaired) electrons. The highest BCUT2D eigenvalue weighted by atomic mass is 16.5. The van der Waals surface area contributed by atoms with Crippen molar-refractivity contribution in [3.63, 3.8) is 0 Å². The molecule has 7 heteroatoms. The molecule has 0 unspecified atom stereocenters. The third-order valence-corrected chi connectivity index (χ3v) is 3.75. The number of methoxy groups -OCH3 is 2. The first-order chi connectivity index (χ1) is 13.5. The Hall–Kier alpha value is -3.61. The molecule has 0 atom stereocenters. The summed E-state index contributed by atoms with van der Waals surface area (Å²) < 4.78 is 15.8. The molecular formula is C21H23N3O4. The van der Waals surface area contributed by atoms with Crippen LogP contribution in [-0.4, -0.2) is 42.0 Å². The van der Waals surface area contributed by atoms with Crippen LogP contribution < -0.4 is 14.2 Å². The van der Waals surface area contributed by atoms with Gasteiger partial charge in [-0.25, -0.2) is 0 Å². The summed E-state index contributed by atoms with van der Waals surface area (Å²) in [5.74, 6) is 0.949. The van der Waals surface area contributed by atoms with E-state index in [1.54, 1.807) is 43.5 Å². The van der Waals surface area contributed by atoms with Gasteiger partial charge in [0, 0.05) is 18.3 Å². The molecule has 1 aromatic carbocycles. The molecule has 0 bridgehead atoms. The number of amides is 1. The molecule has 1 amide bonds. The number of rotatable bonds is 8. The molecule has 0 saturated heterocycles. The number of benzene rings is 1. The van der Waals surface area contributed by atoms with Crippen LogP contribution in [0.25, 0.3) is 0 Å². The van der Waals surface area contributed by atoms with Gasteiger partial charge in [0.15, 0.2) is 0 Å². The number of carbonyl (C=O) groups excluding carboxylic acids is 1. The molecule has 146 valence electrons. The van der Waals surface area contributed by atoms with Crippen molar-refractivity contribution in [2.75, 3.05) is 21.3 Å². The first kappa shape index (κ1) is 20.7. The minimum absolute atomic E-state index is 0.0793. The zero-order valence-corrected chi connectivity index (χ0v) is 16.4. The van der Waals surface area contributed by atoms with E-state index in [0.29, 0.717) is 28.8 Å². The summed E-state index contributed by atoms with van der Waals surface area (Å²) in [6.45, 7) is 5.65. The van der Waals surface area contributed by atoms with Gasteiger partial charge in [0.05, 0.1) is 20.3 Å². The fraction of sp³-hybridized carbons (Fsp3) is 0.190. The van der Waals surface area contributed by atoms with Gasteiger partial charge in [-0.15, -0.1) is 0 Å². The Labute approximate surface area is 164 Å². The Balaban J connectivity index is 2.17. The number of allylic oxidation sites excluding steroid dienone is 4. The highest BCUT2D eigenvalue weighted by molar-refractivity contribution is 5.95. The first-order valence-electron chi connectivity index (χ1n) is 8.50. The van der Waals surface area contributed by atoms with Crippen molar-refractivity contribution in [1.82, 2.24) is 14.9 Å². The lowest BCUT2D eigenvalue weighted by Crippen LogP contribution is -2.25. The molecule has 7 nitrogen and oxygen atoms in total. The van der Waals surface area contributed by atoms with E-state index in [1.807, 2.05) is 25.2 Å². The zero-order chi connectivity index (χ0) is 20.5. The van der Waals surface area contributed by atoms with E-state index in [1.165, 1.54) is 19.1 Å². The third-order valence-electron chi connectivity index (χ3n) is 3.75. The zero-order valence-electron chi connectivity index (χ0n) is 16.4. The molecule has 1 aromatic heterocycles. The van der Waals surface area contributed by atoms with Gasteiger partial charge in [-0.1, -0.05) is 18.7 Å². The molecule has 1 heterocycles. The van der Waals surface area contributed by atoms with Gasteiger partial charge in [0.2, 0.25) is 11.8 Å². The average molecular weight is 381 g/mol. The van der Waals surface area contributed by atoms with Gasteiger partial charge < -0.3 is 19.1 Å². The average Bonchev–Trinajstić information content (AvgIpc) is 2.73. The fourth-order valence-electron chi connectivity index (χ4n) is 2.23. The van der Waals surface area contributed by atoms with Gasteiger partial charge in [0.1, 0.15) is 5.75 Å². The summed E-state index contributed by atoms with van der Waals surface area (Å²) in [5, 5.41) is 0. The van der Waals surface area contributed by atoms with E-state index in [2.05, 4.69) is 16.5 Å². The lowest BCUT2D eigenvalue weighted by atomic mass is 10.2. The fourth-order valence-corrected chi connectivity index (χ4v) is 2.23. The molecule has 0 N–H and O–H groups in total. The quantitative estimate of drug-likeness (QED) is 0.644. The summed E-state index contributed by atoms with van der Waals surface area (Å²) >= 11 is 0. The largest absolute Gasteiger partial charge is 0.481 e. The predicted octanol–water partition coefficient (Wildman–Crippen LogP) is 4.00. The van der Waals surface area contributed by atoms with E-state index < -0.39 is 0 Å². The van der Waals surface area contributed by atoms with Crippen molar-refractivity contribution in [2.45, 2.75) is 6.92 Å². The van der Waals surface area contributed by atoms with E-state index in [-0.39, 0.29) is 11.9 Å². The van der Waals surface area contributed by atoms with Gasteiger partial charge in [-0.2, -0.15) is 9.97 Å². The number of nitrogens with zero attached hydrogens (tertiary/aromatic N) is 3. The van der Waals surface area contributed by atoms with Crippen LogP contribution in [0.3, 0.4) is 0 Å². The molecule has 0 saturated carbocycles. The summed E-state index contributed by atoms with van der Waals surface area (Å²) in [7, 11) is 4.68. The summed E-state index contributed by atoms with van der Waals surface area (Å²) in [6.07, 6.45) is 7.17. The van der Waals surface area contributed by atoms with Crippen molar-refractivity contribution in [3.05, 3.63) is 72.5 Å². The lowest BCUT2D eigenvalue weighted by molar-refractivity contribution is 0.0840. The number of ether oxygens (including phenoxy) is 3. The molecule has 0 aliphatic carbocycles. The van der Waals surface area contributed by atoms with Gasteiger partial charge in [-0.05, 0) is 43.3 Å². The van der Waals surface area contributed by atoms with Crippen molar-refractivity contribution >= 4 is 5.91 Å². The van der Waals surface area contributed by atoms with Gasteiger partial charge in [-0.3, -0.25) is 4.79 Å². The van der Waals surface area contributed by atoms with Crippen LogP contribution in [0.15, 0.2) is 66.9 Å². The molecule has 2 rings (SSSR count). The molecule has 0 fully saturated rings. The molecular weight excluding hydrogens is 358 g/mol. The molecule has 2 aromatic rings. The van der Waals surface area contributed by atoms with Crippen LogP contribution in [0.2, 0.25) is 0 Å². The second-order valence-corrected chi connectivity index (χ2v) is 5.55. The summed E-state index contributed by atoms with van der Waals surface area (Å²) in [5.41, 5.74) is 1.20. The Morgan fingerprint density at radius 1 is 1.11 bits per heavy atom. The monoisotopic (exact) mass is 381 g/mol. The smallest absolute Gasteiger partial charge is 0.328 e. The maximum Gasteiger partial charge on any atom is 0.328 e. The number of hydrogen-bond donors (Lipinski definition) is 0. The Morgan fingerprint density at radius 2 is 1.71 bits per heavy atom. The van der Waals surface area contributed by atoms with Crippen LogP contribution in [0.1, 0.15) is 17.3 Å². The minimum atomic E-state index is -0.165. The normalized spacial score (nSPS) is 11.2. The third kappa shape index (κ3) is 5.20. The summed E-state index contributed by atoms with van der Waals surface area (Å²) in [6, 6.07) is 8.29. The van der Waals surface area contributed by atoms with Crippen molar-refractivity contribution in [2.24, 2.45) is 0 Å². The molecule has 28 heavy (non-hydrogen) atoms. The number of hydrogen-bond acceptors (Lipinski definition) is 6. The maximum absolute atomic E-state index is 12.7. The highest BCUT2D eigenvalue weighted by Gasteiger charge is 2.14. The topological polar surface area (TPSA) is 73.8 Å². The second-order valence-electron chi connectivity index (χ2n) is 5.55. The SMILES string of the molecule is C=C/C(=C\C=C/C)N(C)C(=O)c1ccc(Oc2nc(OC)cc(OC)n2)cc1. The van der Waals surface area contributed by atoms with Crippen LogP contribution in [0.4, 0.5) is 0 Å². The van der Waals surface area contributed by atoms with E-state index in [9.17, 15) is 4.79 Å². The number of carbonyl (C=O) groups is 1. The molecule has 0 aliphatic heterocycles. The maximum atomic E-state index is 12.7. The minimum Gasteiger partial charge on any atom is -0.481 e. The van der Waals surface area contributed by atoms with Crippen molar-refractivity contribution in [3.8, 4) is 23.5 Å². The van der Waals surface area contributed by atoms with Crippen LogP contribution in [0, 0.1) is 0 Å².